The van der Waals surface area contributed by atoms with Gasteiger partial charge in [0.2, 0.25) is 5.91 Å². The van der Waals surface area contributed by atoms with E-state index in [2.05, 4.69) is 30.0 Å². The number of likely N-dealkylation sites (tertiary alicyclic amines) is 2. The van der Waals surface area contributed by atoms with E-state index in [1.165, 1.54) is 13.8 Å². The molecule has 59 heavy (non-hydrogen) atoms. The van der Waals surface area contributed by atoms with Gasteiger partial charge in [-0.05, 0) is 71.9 Å². The summed E-state index contributed by atoms with van der Waals surface area (Å²) in [6.07, 6.45) is -3.66. The van der Waals surface area contributed by atoms with E-state index in [-0.39, 0.29) is 17.3 Å². The van der Waals surface area contributed by atoms with Crippen molar-refractivity contribution in [1.82, 2.24) is 40.4 Å². The average Bonchev–Trinajstić information content (AvgIpc) is 3.96. The van der Waals surface area contributed by atoms with Crippen LogP contribution in [0.4, 0.5) is 27.2 Å². The largest absolute Gasteiger partial charge is 0.465 e. The molecular weight excluding hydrogens is 776 g/mol. The number of aromatic amines is 2. The highest BCUT2D eigenvalue weighted by Crippen LogP contribution is 2.43. The van der Waals surface area contributed by atoms with Crippen molar-refractivity contribution in [2.75, 3.05) is 20.2 Å². The van der Waals surface area contributed by atoms with Gasteiger partial charge in [-0.3, -0.25) is 14.9 Å². The van der Waals surface area contributed by atoms with Gasteiger partial charge in [0.15, 0.2) is 0 Å². The molecule has 4 heterocycles. The van der Waals surface area contributed by atoms with Gasteiger partial charge in [0, 0.05) is 12.8 Å². The van der Waals surface area contributed by atoms with Crippen LogP contribution in [-0.2, 0) is 14.3 Å². The van der Waals surface area contributed by atoms with Crippen molar-refractivity contribution in [2.24, 2.45) is 5.92 Å². The molecule has 14 nitrogen and oxygen atoms in total. The molecule has 0 bridgehead atoms. The zero-order valence-electron chi connectivity index (χ0n) is 32.7. The van der Waals surface area contributed by atoms with Crippen LogP contribution in [0.2, 0.25) is 0 Å². The molecule has 2 saturated heterocycles. The van der Waals surface area contributed by atoms with E-state index in [4.69, 9.17) is 0 Å². The van der Waals surface area contributed by atoms with Gasteiger partial charge < -0.3 is 34.9 Å². The van der Waals surface area contributed by atoms with Crippen LogP contribution in [0.3, 0.4) is 0 Å². The summed E-state index contributed by atoms with van der Waals surface area (Å²) < 4.78 is 63.9. The molecule has 4 amide bonds. The topological polar surface area (TPSA) is 186 Å². The Hall–Kier alpha value is -6.46. The number of allylic oxidation sites excluding steroid dienone is 1. The summed E-state index contributed by atoms with van der Waals surface area (Å²) in [6.45, 7) is 4.70. The Morgan fingerprint density at radius 3 is 1.68 bits per heavy atom. The third kappa shape index (κ3) is 8.29. The fourth-order valence-electron chi connectivity index (χ4n) is 7.68. The Bertz CT molecular complexity index is 2490. The first-order valence-corrected chi connectivity index (χ1v) is 18.8. The van der Waals surface area contributed by atoms with Crippen molar-refractivity contribution in [1.29, 1.82) is 0 Å². The summed E-state index contributed by atoms with van der Waals surface area (Å²) in [4.78, 5) is 67.5. The van der Waals surface area contributed by atoms with Crippen molar-refractivity contribution in [3.05, 3.63) is 83.6 Å². The Balaban J connectivity index is 1.11. The van der Waals surface area contributed by atoms with Gasteiger partial charge in [0.25, 0.3) is 17.8 Å². The summed E-state index contributed by atoms with van der Waals surface area (Å²) in [7, 11) is 1.15. The third-order valence-corrected chi connectivity index (χ3v) is 10.6. The molecule has 2 fully saturated rings. The van der Waals surface area contributed by atoms with Crippen LogP contribution in [0.1, 0.15) is 64.3 Å². The third-order valence-electron chi connectivity index (χ3n) is 10.6. The fraction of sp³-hybridized carbons (Fsp3) is 0.366. The first kappa shape index (κ1) is 40.7. The standard InChI is InChI=1S/C41H42F4N8O6/c1-20(2)32(50-38(56)57)36(54)52-18-40(42,43)16-30(52)34-46-26-12-10-24(14-28(26)48-34)22-6-8-23(9-7-22)25-11-13-27-29(15-25)49-35(47-27)31-17-41(44,45)19-53(31)37(55)33(21(3)4)51-39(58)59-5/h6-15,21,30-31,33,50H,16-19H2,1-5H3,(H,46,48)(H,47,49)(H,51,58)(H,56,57)/t30-,31-,33-/m0/s1. The molecular formula is C41H42F4N8O6. The van der Waals surface area contributed by atoms with Crippen LogP contribution >= 0.6 is 0 Å². The maximum atomic E-state index is 14.9. The zero-order valence-corrected chi connectivity index (χ0v) is 32.7. The van der Waals surface area contributed by atoms with Crippen molar-refractivity contribution in [3.8, 4) is 22.3 Å². The molecule has 2 aliphatic rings. The molecule has 0 spiro atoms. The lowest BCUT2D eigenvalue weighted by atomic mass is 10.00. The molecule has 2 aliphatic heterocycles. The van der Waals surface area contributed by atoms with E-state index in [0.717, 1.165) is 39.2 Å². The minimum Gasteiger partial charge on any atom is -0.465 e. The number of nitrogens with zero attached hydrogens (tertiary/aromatic N) is 4. The summed E-state index contributed by atoms with van der Waals surface area (Å²) in [5.41, 5.74) is 5.46. The van der Waals surface area contributed by atoms with Crippen LogP contribution < -0.4 is 10.6 Å². The number of rotatable bonds is 9. The Kier molecular flexibility index (Phi) is 10.6. The number of fused-ring (bicyclic) bond motifs is 2. The van der Waals surface area contributed by atoms with Crippen LogP contribution in [0.5, 0.6) is 0 Å². The molecule has 7 rings (SSSR count). The number of carbonyl (C=O) groups is 4. The lowest BCUT2D eigenvalue weighted by Crippen LogP contribution is -2.51. The summed E-state index contributed by atoms with van der Waals surface area (Å²) >= 11 is 0. The number of benzene rings is 3. The van der Waals surface area contributed by atoms with Crippen molar-refractivity contribution in [3.63, 3.8) is 0 Å². The zero-order chi connectivity index (χ0) is 42.6. The van der Waals surface area contributed by atoms with Gasteiger partial charge >= 0.3 is 12.2 Å². The molecule has 18 heteroatoms. The number of H-pyrrole nitrogens is 2. The van der Waals surface area contributed by atoms with Crippen molar-refractivity contribution < 1.29 is 46.6 Å². The second kappa shape index (κ2) is 15.4. The van der Waals surface area contributed by atoms with Gasteiger partial charge in [0.1, 0.15) is 23.4 Å². The van der Waals surface area contributed by atoms with Gasteiger partial charge in [-0.15, -0.1) is 0 Å². The van der Waals surface area contributed by atoms with E-state index in [0.29, 0.717) is 27.6 Å². The lowest BCUT2D eigenvalue weighted by molar-refractivity contribution is -0.136. The number of alkyl carbamates (subject to hydrolysis) is 1. The minimum absolute atomic E-state index is 0.148. The smallest absolute Gasteiger partial charge is 0.409 e. The number of nitrogens with one attached hydrogen (secondary N) is 4. The number of imidazole rings is 2. The summed E-state index contributed by atoms with van der Waals surface area (Å²) in [6, 6.07) is 15.2. The highest BCUT2D eigenvalue weighted by molar-refractivity contribution is 5.97. The quantitative estimate of drug-likeness (QED) is 0.0746. The van der Waals surface area contributed by atoms with Gasteiger partial charge in [-0.2, -0.15) is 0 Å². The van der Waals surface area contributed by atoms with Crippen LogP contribution in [0.15, 0.2) is 71.9 Å². The number of methoxy groups -OCH3 is 1. The van der Waals surface area contributed by atoms with E-state index in [1.54, 1.807) is 26.0 Å². The van der Waals surface area contributed by atoms with E-state index in [1.807, 2.05) is 53.8 Å². The van der Waals surface area contributed by atoms with Crippen LogP contribution in [-0.4, -0.2) is 96.9 Å². The molecule has 3 aromatic carbocycles. The SMILES string of the molecule is COC(=O)N[C@H](C(=O)N1CC(F)(F)C[C@H]1c1nc2ccc(-c3ccc(-c4ccc5nc([C@@H]6CC(F)(F)CN6C(=O)C(NC(=O)O)=C(C)C)[nH]c5c4)cc3)cc2[nH]1)C(C)C. The number of hydrogen-bond acceptors (Lipinski definition) is 7. The number of carboxylic acid groups (broad SMARTS) is 1. The monoisotopic (exact) mass is 818 g/mol. The second-order valence-electron chi connectivity index (χ2n) is 15.5. The number of amides is 4. The van der Waals surface area contributed by atoms with E-state index in [9.17, 15) is 41.8 Å². The molecule has 0 saturated carbocycles. The van der Waals surface area contributed by atoms with Gasteiger partial charge in [-0.1, -0.05) is 50.2 Å². The Morgan fingerprint density at radius 1 is 0.780 bits per heavy atom. The molecule has 0 aliphatic carbocycles. The fourth-order valence-corrected chi connectivity index (χ4v) is 7.68. The number of carbonyl (C=O) groups excluding carboxylic acids is 3. The maximum absolute atomic E-state index is 14.9. The predicted molar refractivity (Wildman–Crippen MR) is 208 cm³/mol. The lowest BCUT2D eigenvalue weighted by Gasteiger charge is -2.29. The second-order valence-corrected chi connectivity index (χ2v) is 15.5. The van der Waals surface area contributed by atoms with E-state index >= 15 is 0 Å². The Morgan fingerprint density at radius 2 is 1.24 bits per heavy atom. The average molecular weight is 819 g/mol. The maximum Gasteiger partial charge on any atom is 0.409 e. The van der Waals surface area contributed by atoms with Crippen molar-refractivity contribution >= 4 is 46.1 Å². The highest BCUT2D eigenvalue weighted by atomic mass is 19.3. The Labute approximate surface area is 335 Å². The molecule has 2 aromatic heterocycles. The molecule has 5 N–H and O–H groups in total. The predicted octanol–water partition coefficient (Wildman–Crippen LogP) is 7.53. The minimum atomic E-state index is -3.22. The van der Waals surface area contributed by atoms with Crippen LogP contribution in [0, 0.1) is 5.92 Å². The number of hydrogen-bond donors (Lipinski definition) is 5. The van der Waals surface area contributed by atoms with Crippen molar-refractivity contribution in [2.45, 2.75) is 70.5 Å². The number of halogens is 4. The molecule has 310 valence electrons. The molecule has 3 atom stereocenters. The summed E-state index contributed by atoms with van der Waals surface area (Å²) in [5.74, 6) is -7.97. The number of aromatic nitrogens is 4. The molecule has 0 unspecified atom stereocenters. The highest BCUT2D eigenvalue weighted by Gasteiger charge is 2.51. The normalized spacial score (nSPS) is 18.9. The number of ether oxygens (including phenoxy) is 1. The first-order chi connectivity index (χ1) is 27.8. The van der Waals surface area contributed by atoms with Gasteiger partial charge in [-0.25, -0.2) is 37.1 Å². The molecule has 0 radical (unpaired) electrons. The number of alkyl halides is 4. The molecule has 5 aromatic rings. The van der Waals surface area contributed by atoms with E-state index < -0.39 is 85.8 Å². The van der Waals surface area contributed by atoms with Crippen LogP contribution in [0.25, 0.3) is 44.3 Å². The summed E-state index contributed by atoms with van der Waals surface area (Å²) in [5, 5.41) is 13.7. The first-order valence-electron chi connectivity index (χ1n) is 18.8. The van der Waals surface area contributed by atoms with Gasteiger partial charge in [0.05, 0.1) is 54.3 Å².